The molecule has 0 aromatic carbocycles. The van der Waals surface area contributed by atoms with Gasteiger partial charge in [-0.3, -0.25) is 14.6 Å². The molecule has 21 heavy (non-hydrogen) atoms. The molecule has 0 spiro atoms. The monoisotopic (exact) mass is 302 g/mol. The summed E-state index contributed by atoms with van der Waals surface area (Å²) in [5.74, 6) is -0.0826. The van der Waals surface area contributed by atoms with Crippen molar-refractivity contribution >= 4 is 23.0 Å². The average molecular weight is 302 g/mol. The van der Waals surface area contributed by atoms with Crippen LogP contribution in [0.2, 0.25) is 0 Å². The van der Waals surface area contributed by atoms with Crippen LogP contribution in [0.4, 0.5) is 0 Å². The van der Waals surface area contributed by atoms with Crippen LogP contribution in [0.1, 0.15) is 45.9 Å². The number of nitrogens with one attached hydrogen (secondary N) is 1. The molecule has 0 aliphatic carbocycles. The van der Waals surface area contributed by atoms with Gasteiger partial charge in [0.1, 0.15) is 0 Å². The van der Waals surface area contributed by atoms with Crippen molar-refractivity contribution in [3.63, 3.8) is 0 Å². The van der Waals surface area contributed by atoms with Crippen molar-refractivity contribution in [1.82, 2.24) is 10.3 Å². The van der Waals surface area contributed by atoms with Crippen molar-refractivity contribution in [1.29, 1.82) is 0 Å². The van der Waals surface area contributed by atoms with E-state index in [4.69, 9.17) is 0 Å². The van der Waals surface area contributed by atoms with E-state index in [0.717, 1.165) is 15.3 Å². The van der Waals surface area contributed by atoms with Gasteiger partial charge in [0.15, 0.2) is 5.78 Å². The lowest BCUT2D eigenvalue weighted by atomic mass is 10.1. The predicted molar refractivity (Wildman–Crippen MR) is 83.4 cm³/mol. The number of carbonyl (C=O) groups is 2. The molecule has 110 valence electrons. The predicted octanol–water partition coefficient (Wildman–Crippen LogP) is 3.29. The highest BCUT2D eigenvalue weighted by atomic mass is 32.1. The van der Waals surface area contributed by atoms with Crippen molar-refractivity contribution in [2.45, 2.75) is 32.7 Å². The number of nitrogens with zero attached hydrogens (tertiary/aromatic N) is 1. The molecule has 0 aliphatic rings. The van der Waals surface area contributed by atoms with Crippen LogP contribution in [0.3, 0.4) is 0 Å². The summed E-state index contributed by atoms with van der Waals surface area (Å²) >= 11 is 1.47. The minimum atomic E-state index is -0.110. The molecule has 0 bridgehead atoms. The van der Waals surface area contributed by atoms with Gasteiger partial charge in [0.05, 0.1) is 10.9 Å². The number of amides is 1. The topological polar surface area (TPSA) is 59.1 Å². The first-order valence-corrected chi connectivity index (χ1v) is 7.67. The molecule has 2 aromatic heterocycles. The zero-order chi connectivity index (χ0) is 15.2. The van der Waals surface area contributed by atoms with Gasteiger partial charge in [-0.1, -0.05) is 0 Å². The molecule has 4 nitrogen and oxygen atoms in total. The summed E-state index contributed by atoms with van der Waals surface area (Å²) in [4.78, 5) is 29.6. The van der Waals surface area contributed by atoms with Crippen molar-refractivity contribution < 1.29 is 9.59 Å². The summed E-state index contributed by atoms with van der Waals surface area (Å²) in [5.41, 5.74) is 0.999. The van der Waals surface area contributed by atoms with Crippen LogP contribution in [0.5, 0.6) is 0 Å². The van der Waals surface area contributed by atoms with Crippen molar-refractivity contribution in [2.75, 3.05) is 0 Å². The van der Waals surface area contributed by atoms with E-state index in [9.17, 15) is 9.59 Å². The summed E-state index contributed by atoms with van der Waals surface area (Å²) in [5, 5.41) is 2.89. The molecule has 5 heteroatoms. The number of aryl methyl sites for hydroxylation is 1. The fourth-order valence-electron chi connectivity index (χ4n) is 1.98. The minimum Gasteiger partial charge on any atom is -0.350 e. The van der Waals surface area contributed by atoms with E-state index < -0.39 is 0 Å². The summed E-state index contributed by atoms with van der Waals surface area (Å²) in [6.07, 6.45) is 3.85. The Morgan fingerprint density at radius 2 is 1.90 bits per heavy atom. The largest absolute Gasteiger partial charge is 0.350 e. The Morgan fingerprint density at radius 1 is 1.19 bits per heavy atom. The lowest BCUT2D eigenvalue weighted by Gasteiger charge is -2.13. The fraction of sp³-hybridized carbons (Fsp3) is 0.312. The first-order chi connectivity index (χ1) is 10.1. The minimum absolute atomic E-state index is 0.0276. The Hall–Kier alpha value is -2.01. The van der Waals surface area contributed by atoms with Crippen molar-refractivity contribution in [2.24, 2.45) is 0 Å². The van der Waals surface area contributed by atoms with E-state index >= 15 is 0 Å². The zero-order valence-electron chi connectivity index (χ0n) is 12.1. The third-order valence-corrected chi connectivity index (χ3v) is 4.22. The molecule has 1 unspecified atom stereocenters. The number of carbonyl (C=O) groups excluding carboxylic acids is 2. The molecule has 0 saturated carbocycles. The molecular formula is C16H18N2O2S. The summed E-state index contributed by atoms with van der Waals surface area (Å²) in [6.45, 7) is 3.88. The Balaban J connectivity index is 1.81. The number of rotatable bonds is 6. The van der Waals surface area contributed by atoms with Gasteiger partial charge in [-0.25, -0.2) is 0 Å². The molecule has 2 heterocycles. The third kappa shape index (κ3) is 4.49. The van der Waals surface area contributed by atoms with Crippen molar-refractivity contribution in [3.05, 3.63) is 52.0 Å². The Kier molecular flexibility index (Phi) is 5.22. The summed E-state index contributed by atoms with van der Waals surface area (Å²) < 4.78 is 0. The van der Waals surface area contributed by atoms with E-state index in [0.29, 0.717) is 0 Å². The maximum absolute atomic E-state index is 11.9. The third-order valence-electron chi connectivity index (χ3n) is 3.18. The van der Waals surface area contributed by atoms with Crippen LogP contribution in [0, 0.1) is 6.92 Å². The normalized spacial score (nSPS) is 11.9. The smallest absolute Gasteiger partial charge is 0.220 e. The summed E-state index contributed by atoms with van der Waals surface area (Å²) in [6, 6.07) is 7.39. The highest BCUT2D eigenvalue weighted by Crippen LogP contribution is 2.17. The lowest BCUT2D eigenvalue weighted by Crippen LogP contribution is -2.26. The average Bonchev–Trinajstić information content (AvgIpc) is 2.92. The first-order valence-electron chi connectivity index (χ1n) is 6.85. The summed E-state index contributed by atoms with van der Waals surface area (Å²) in [7, 11) is 0. The van der Waals surface area contributed by atoms with Gasteiger partial charge in [-0.15, -0.1) is 11.3 Å². The molecule has 0 aliphatic heterocycles. The van der Waals surface area contributed by atoms with E-state index in [1.165, 1.54) is 11.3 Å². The van der Waals surface area contributed by atoms with Crippen LogP contribution < -0.4 is 5.32 Å². The van der Waals surface area contributed by atoms with Gasteiger partial charge in [0, 0.05) is 30.1 Å². The van der Waals surface area contributed by atoms with Gasteiger partial charge < -0.3 is 5.32 Å². The Labute approximate surface area is 128 Å². The van der Waals surface area contributed by atoms with Crippen LogP contribution in [-0.2, 0) is 4.79 Å². The van der Waals surface area contributed by atoms with Gasteiger partial charge >= 0.3 is 0 Å². The van der Waals surface area contributed by atoms with E-state index in [1.54, 1.807) is 12.4 Å². The lowest BCUT2D eigenvalue weighted by molar-refractivity contribution is -0.121. The fourth-order valence-corrected chi connectivity index (χ4v) is 2.82. The van der Waals surface area contributed by atoms with Gasteiger partial charge in [-0.05, 0) is 43.7 Å². The SMILES string of the molecule is Cc1ccc(C(=O)CCC(=O)NC(C)c2ccncc2)s1. The van der Waals surface area contributed by atoms with Gasteiger partial charge in [0.2, 0.25) is 5.91 Å². The van der Waals surface area contributed by atoms with Crippen molar-refractivity contribution in [3.8, 4) is 0 Å². The second-order valence-electron chi connectivity index (χ2n) is 4.90. The number of hydrogen-bond acceptors (Lipinski definition) is 4. The number of ketones is 1. The molecule has 0 fully saturated rings. The second-order valence-corrected chi connectivity index (χ2v) is 6.19. The second kappa shape index (κ2) is 7.13. The first kappa shape index (κ1) is 15.4. The molecule has 1 amide bonds. The zero-order valence-corrected chi connectivity index (χ0v) is 12.9. The Morgan fingerprint density at radius 3 is 2.52 bits per heavy atom. The highest BCUT2D eigenvalue weighted by Gasteiger charge is 2.13. The van der Waals surface area contributed by atoms with Crippen LogP contribution in [0.25, 0.3) is 0 Å². The van der Waals surface area contributed by atoms with E-state index in [-0.39, 0.29) is 30.6 Å². The molecular weight excluding hydrogens is 284 g/mol. The number of pyridine rings is 1. The number of hydrogen-bond donors (Lipinski definition) is 1. The number of Topliss-reactive ketones (excluding diaryl/α,β-unsaturated/α-hetero) is 1. The Bertz CT molecular complexity index is 622. The number of aromatic nitrogens is 1. The maximum atomic E-state index is 11.9. The van der Waals surface area contributed by atoms with Crippen LogP contribution in [0.15, 0.2) is 36.7 Å². The van der Waals surface area contributed by atoms with Gasteiger partial charge in [-0.2, -0.15) is 0 Å². The highest BCUT2D eigenvalue weighted by molar-refractivity contribution is 7.14. The van der Waals surface area contributed by atoms with E-state index in [1.807, 2.05) is 38.1 Å². The van der Waals surface area contributed by atoms with Crippen LogP contribution in [-0.4, -0.2) is 16.7 Å². The quantitative estimate of drug-likeness (QED) is 0.833. The standard InChI is InChI=1S/C16H18N2O2S/c1-11-3-5-15(21-11)14(19)4-6-16(20)18-12(2)13-7-9-17-10-8-13/h3,5,7-10,12H,4,6H2,1-2H3,(H,18,20). The van der Waals surface area contributed by atoms with Gasteiger partial charge in [0.25, 0.3) is 0 Å². The molecule has 0 radical (unpaired) electrons. The molecule has 1 N–H and O–H groups in total. The molecule has 2 aromatic rings. The number of thiophene rings is 1. The van der Waals surface area contributed by atoms with E-state index in [2.05, 4.69) is 10.3 Å². The molecule has 2 rings (SSSR count). The van der Waals surface area contributed by atoms with Crippen LogP contribution >= 0.6 is 11.3 Å². The maximum Gasteiger partial charge on any atom is 0.220 e. The molecule has 0 saturated heterocycles. The molecule has 1 atom stereocenters.